The molecular weight excluding hydrogens is 608 g/mol. The molecule has 0 bridgehead atoms. The Bertz CT molecular complexity index is 1120. The number of nitrogens with zero attached hydrogens (tertiary/aromatic N) is 1. The summed E-state index contributed by atoms with van der Waals surface area (Å²) in [6.45, 7) is 4.58. The van der Waals surface area contributed by atoms with Crippen LogP contribution in [0.25, 0.3) is 0 Å². The molecule has 260 valence electrons. The number of rotatable bonds is 20. The maximum atomic E-state index is 12.9. The lowest BCUT2D eigenvalue weighted by molar-refractivity contribution is -0.144. The molecule has 1 aliphatic rings. The molecule has 0 aliphatic carbocycles. The molecule has 18 heteroatoms. The van der Waals surface area contributed by atoms with Gasteiger partial charge in [0.2, 0.25) is 35.4 Å². The number of carboxylic acid groups (broad SMARTS) is 2. The van der Waals surface area contributed by atoms with Crippen LogP contribution in [0.15, 0.2) is 0 Å². The van der Waals surface area contributed by atoms with Crippen molar-refractivity contribution in [1.82, 2.24) is 31.5 Å². The summed E-state index contributed by atoms with van der Waals surface area (Å²) in [5.74, 6) is -6.69. The summed E-state index contributed by atoms with van der Waals surface area (Å²) < 4.78 is 0. The monoisotopic (exact) mass is 656 g/mol. The molecule has 18 nitrogen and oxygen atoms in total. The zero-order valence-corrected chi connectivity index (χ0v) is 26.5. The summed E-state index contributed by atoms with van der Waals surface area (Å²) in [7, 11) is 0. The fourth-order valence-electron chi connectivity index (χ4n) is 4.68. The molecule has 0 saturated carbocycles. The third-order valence-corrected chi connectivity index (χ3v) is 7.12. The number of nitrogens with two attached hydrogens (primary N) is 2. The lowest BCUT2D eigenvalue weighted by atomic mass is 10.0. The van der Waals surface area contributed by atoms with Gasteiger partial charge in [0.15, 0.2) is 0 Å². The molecule has 0 aromatic carbocycles. The minimum absolute atomic E-state index is 0.0568. The number of carbonyl (C=O) groups is 8. The van der Waals surface area contributed by atoms with Crippen molar-refractivity contribution >= 4 is 47.4 Å². The molecule has 0 aromatic rings. The first-order valence-electron chi connectivity index (χ1n) is 15.2. The summed E-state index contributed by atoms with van der Waals surface area (Å²) in [5.41, 5.74) is 10.9. The Morgan fingerprint density at radius 2 is 1.50 bits per heavy atom. The van der Waals surface area contributed by atoms with Gasteiger partial charge >= 0.3 is 11.9 Å². The van der Waals surface area contributed by atoms with Gasteiger partial charge in [-0.15, -0.1) is 0 Å². The number of nitrogens with one attached hydrogen (secondary N) is 5. The van der Waals surface area contributed by atoms with Crippen LogP contribution in [-0.4, -0.2) is 119 Å². The van der Waals surface area contributed by atoms with Crippen LogP contribution in [0.5, 0.6) is 0 Å². The summed E-state index contributed by atoms with van der Waals surface area (Å²) >= 11 is 0. The highest BCUT2D eigenvalue weighted by atomic mass is 16.4. The number of likely N-dealkylation sites (tertiary alicyclic amines) is 1. The van der Waals surface area contributed by atoms with Crippen LogP contribution < -0.4 is 38.1 Å². The van der Waals surface area contributed by atoms with Gasteiger partial charge in [-0.2, -0.15) is 0 Å². The van der Waals surface area contributed by atoms with Gasteiger partial charge < -0.3 is 53.2 Å². The first-order chi connectivity index (χ1) is 21.6. The number of carbonyl (C=O) groups excluding carboxylic acids is 6. The fourth-order valence-corrected chi connectivity index (χ4v) is 4.68. The van der Waals surface area contributed by atoms with Crippen LogP contribution in [0.4, 0.5) is 0 Å². The van der Waals surface area contributed by atoms with Gasteiger partial charge in [0.05, 0.1) is 25.6 Å². The number of hydrogen-bond donors (Lipinski definition) is 9. The van der Waals surface area contributed by atoms with E-state index in [2.05, 4.69) is 26.6 Å². The molecule has 1 aliphatic heterocycles. The molecule has 1 fully saturated rings. The van der Waals surface area contributed by atoms with Crippen molar-refractivity contribution < 1.29 is 48.6 Å². The molecule has 5 atom stereocenters. The Balaban J connectivity index is 2.68. The average Bonchev–Trinajstić information content (AvgIpc) is 3.47. The highest BCUT2D eigenvalue weighted by molar-refractivity contribution is 5.95. The van der Waals surface area contributed by atoms with Crippen LogP contribution in [0.1, 0.15) is 65.7 Å². The van der Waals surface area contributed by atoms with Crippen molar-refractivity contribution in [3.8, 4) is 0 Å². The highest BCUT2D eigenvalue weighted by Crippen LogP contribution is 2.18. The fraction of sp³-hybridized carbons (Fsp3) is 0.714. The minimum atomic E-state index is -1.36. The lowest BCUT2D eigenvalue weighted by Crippen LogP contribution is -2.56. The van der Waals surface area contributed by atoms with Crippen molar-refractivity contribution in [2.45, 2.75) is 95.9 Å². The van der Waals surface area contributed by atoms with E-state index < -0.39 is 97.1 Å². The Morgan fingerprint density at radius 3 is 2.09 bits per heavy atom. The highest BCUT2D eigenvalue weighted by Gasteiger charge is 2.36. The molecule has 0 aromatic heterocycles. The quantitative estimate of drug-likeness (QED) is 0.0584. The normalized spacial score (nSPS) is 16.8. The van der Waals surface area contributed by atoms with Gasteiger partial charge in [0, 0.05) is 6.54 Å². The van der Waals surface area contributed by atoms with Gasteiger partial charge in [0.25, 0.3) is 0 Å². The van der Waals surface area contributed by atoms with E-state index in [-0.39, 0.29) is 25.3 Å². The Morgan fingerprint density at radius 1 is 0.848 bits per heavy atom. The molecule has 0 spiro atoms. The van der Waals surface area contributed by atoms with E-state index in [0.29, 0.717) is 32.2 Å². The van der Waals surface area contributed by atoms with E-state index in [9.17, 15) is 43.5 Å². The zero-order valence-electron chi connectivity index (χ0n) is 26.5. The lowest BCUT2D eigenvalue weighted by Gasteiger charge is -2.26. The number of aliphatic carboxylic acids is 2. The second kappa shape index (κ2) is 19.9. The largest absolute Gasteiger partial charge is 0.481 e. The van der Waals surface area contributed by atoms with Gasteiger partial charge in [-0.25, -0.2) is 4.79 Å². The first-order valence-corrected chi connectivity index (χ1v) is 15.2. The Kier molecular flexibility index (Phi) is 17.2. The molecule has 1 heterocycles. The number of unbranched alkanes of at least 4 members (excludes halogenated alkanes) is 1. The second-order valence-corrected chi connectivity index (χ2v) is 11.5. The first kappa shape index (κ1) is 39.7. The van der Waals surface area contributed by atoms with E-state index in [4.69, 9.17) is 16.6 Å². The predicted molar refractivity (Wildman–Crippen MR) is 162 cm³/mol. The van der Waals surface area contributed by atoms with Gasteiger partial charge in [-0.1, -0.05) is 13.8 Å². The van der Waals surface area contributed by atoms with E-state index >= 15 is 0 Å². The average molecular weight is 657 g/mol. The number of carboxylic acids is 2. The predicted octanol–water partition coefficient (Wildman–Crippen LogP) is -3.25. The molecule has 6 amide bonds. The Hall–Kier alpha value is -4.32. The summed E-state index contributed by atoms with van der Waals surface area (Å²) in [4.78, 5) is 99.2. The SMILES string of the molecule is CC(C)C[C@H](NC(=O)CNC(=O)[C@@H](N)CC(=O)O)C(=O)N[C@@H](C)C(=O)NCC(=O)N1CCC[C@H]1C(=O)N[C@@H](CCCCN)C(=O)O. The molecule has 1 rings (SSSR count). The third kappa shape index (κ3) is 14.2. The molecule has 1 saturated heterocycles. The number of hydrogen-bond acceptors (Lipinski definition) is 10. The van der Waals surface area contributed by atoms with E-state index in [1.165, 1.54) is 11.8 Å². The van der Waals surface area contributed by atoms with Crippen molar-refractivity contribution in [3.63, 3.8) is 0 Å². The van der Waals surface area contributed by atoms with Crippen molar-refractivity contribution in [1.29, 1.82) is 0 Å². The zero-order chi connectivity index (χ0) is 35.0. The van der Waals surface area contributed by atoms with E-state index in [0.717, 1.165) is 0 Å². The molecule has 0 unspecified atom stereocenters. The molecular formula is C28H48N8O10. The molecule has 46 heavy (non-hydrogen) atoms. The van der Waals surface area contributed by atoms with Gasteiger partial charge in [-0.3, -0.25) is 33.6 Å². The van der Waals surface area contributed by atoms with Crippen LogP contribution in [0.3, 0.4) is 0 Å². The van der Waals surface area contributed by atoms with E-state index in [1.54, 1.807) is 13.8 Å². The Labute approximate surface area is 267 Å². The maximum absolute atomic E-state index is 12.9. The van der Waals surface area contributed by atoms with Gasteiger partial charge in [-0.05, 0) is 57.9 Å². The molecule has 0 radical (unpaired) electrons. The minimum Gasteiger partial charge on any atom is -0.481 e. The second-order valence-electron chi connectivity index (χ2n) is 11.5. The van der Waals surface area contributed by atoms with Crippen molar-refractivity contribution in [2.24, 2.45) is 17.4 Å². The smallest absolute Gasteiger partial charge is 0.326 e. The van der Waals surface area contributed by atoms with Crippen LogP contribution in [-0.2, 0) is 38.4 Å². The van der Waals surface area contributed by atoms with Crippen LogP contribution in [0, 0.1) is 5.92 Å². The summed E-state index contributed by atoms with van der Waals surface area (Å²) in [5, 5.41) is 30.2. The summed E-state index contributed by atoms with van der Waals surface area (Å²) in [6.07, 6.45) is 1.70. The number of amides is 6. The standard InChI is InChI=1S/C28H48N8O10/c1-15(2)11-19(34-21(37)13-31-25(42)17(30)12-23(39)40)26(43)33-16(3)24(41)32-14-22(38)36-10-6-8-20(36)27(44)35-18(28(45)46)7-4-5-9-29/h15-20H,4-14,29-30H2,1-3H3,(H,31,42)(H,32,41)(H,33,43)(H,34,37)(H,35,44)(H,39,40)(H,45,46)/t16-,17-,18-,19-,20-/m0/s1. The van der Waals surface area contributed by atoms with Crippen LogP contribution >= 0.6 is 0 Å². The van der Waals surface area contributed by atoms with E-state index in [1.807, 2.05) is 0 Å². The van der Waals surface area contributed by atoms with Crippen molar-refractivity contribution in [3.05, 3.63) is 0 Å². The van der Waals surface area contributed by atoms with Gasteiger partial charge in [0.1, 0.15) is 24.2 Å². The topological polar surface area (TPSA) is 292 Å². The summed E-state index contributed by atoms with van der Waals surface area (Å²) in [6, 6.07) is -5.58. The van der Waals surface area contributed by atoms with Crippen LogP contribution in [0.2, 0.25) is 0 Å². The maximum Gasteiger partial charge on any atom is 0.326 e. The molecule has 11 N–H and O–H groups in total. The van der Waals surface area contributed by atoms with Crippen molar-refractivity contribution in [2.75, 3.05) is 26.2 Å². The third-order valence-electron chi connectivity index (χ3n) is 7.12.